The number of hydrogen-bond donors (Lipinski definition) is 2. The molecule has 0 saturated heterocycles. The topological polar surface area (TPSA) is 87.8 Å². The van der Waals surface area contributed by atoms with Crippen LogP contribution in [-0.2, 0) is 9.59 Å². The third kappa shape index (κ3) is 4.66. The second kappa shape index (κ2) is 8.76. The Labute approximate surface area is 175 Å². The fourth-order valence-corrected chi connectivity index (χ4v) is 3.50. The van der Waals surface area contributed by atoms with Gasteiger partial charge < -0.3 is 16.0 Å². The maximum absolute atomic E-state index is 13.1. The fraction of sp³-hybridized carbons (Fsp3) is 0.318. The maximum atomic E-state index is 13.1. The van der Waals surface area contributed by atoms with Crippen LogP contribution in [-0.4, -0.2) is 36.8 Å². The highest BCUT2D eigenvalue weighted by Crippen LogP contribution is 2.29. The van der Waals surface area contributed by atoms with E-state index >= 15 is 0 Å². The van der Waals surface area contributed by atoms with E-state index in [1.165, 1.54) is 4.90 Å². The number of benzodiazepines with no additional fused rings is 1. The molecule has 29 heavy (non-hydrogen) atoms. The van der Waals surface area contributed by atoms with E-state index in [0.29, 0.717) is 22.8 Å². The van der Waals surface area contributed by atoms with Gasteiger partial charge in [0.2, 0.25) is 12.1 Å². The van der Waals surface area contributed by atoms with Crippen molar-refractivity contribution in [1.29, 1.82) is 0 Å². The zero-order chi connectivity index (χ0) is 21.1. The first-order valence-corrected chi connectivity index (χ1v) is 9.92. The van der Waals surface area contributed by atoms with Crippen molar-refractivity contribution in [3.8, 4) is 0 Å². The van der Waals surface area contributed by atoms with Gasteiger partial charge in [0.05, 0.1) is 17.4 Å². The first kappa shape index (κ1) is 21.0. The van der Waals surface area contributed by atoms with Crippen molar-refractivity contribution in [2.24, 2.45) is 16.6 Å². The van der Waals surface area contributed by atoms with Gasteiger partial charge in [-0.25, -0.2) is 4.99 Å². The molecular weight excluding hydrogens is 388 g/mol. The van der Waals surface area contributed by atoms with Crippen molar-refractivity contribution in [3.63, 3.8) is 0 Å². The van der Waals surface area contributed by atoms with Crippen LogP contribution in [0.5, 0.6) is 0 Å². The number of aliphatic imine (C=N–C) groups is 1. The minimum Gasteiger partial charge on any atom is -0.325 e. The molecule has 2 amide bonds. The van der Waals surface area contributed by atoms with Gasteiger partial charge in [0.15, 0.2) is 0 Å². The highest BCUT2D eigenvalue weighted by molar-refractivity contribution is 6.32. The van der Waals surface area contributed by atoms with Gasteiger partial charge in [-0.2, -0.15) is 0 Å². The van der Waals surface area contributed by atoms with Gasteiger partial charge in [-0.15, -0.1) is 0 Å². The molecule has 2 aromatic rings. The Hall–Kier alpha value is -2.70. The number of anilines is 1. The summed E-state index contributed by atoms with van der Waals surface area (Å²) in [5.41, 5.74) is 8.81. The van der Waals surface area contributed by atoms with Gasteiger partial charge >= 0.3 is 0 Å². The van der Waals surface area contributed by atoms with Crippen LogP contribution in [0.4, 0.5) is 5.69 Å². The minimum atomic E-state index is -1.08. The van der Waals surface area contributed by atoms with Crippen LogP contribution < -0.4 is 16.0 Å². The number of fused-ring (bicyclic) bond motifs is 1. The fourth-order valence-electron chi connectivity index (χ4n) is 3.32. The van der Waals surface area contributed by atoms with E-state index in [-0.39, 0.29) is 11.8 Å². The van der Waals surface area contributed by atoms with E-state index in [1.54, 1.807) is 25.2 Å². The smallest absolute Gasteiger partial charge is 0.272 e. The molecule has 0 bridgehead atoms. The lowest BCUT2D eigenvalue weighted by molar-refractivity contribution is -0.128. The van der Waals surface area contributed by atoms with E-state index in [4.69, 9.17) is 17.3 Å². The van der Waals surface area contributed by atoms with E-state index < -0.39 is 18.1 Å². The molecule has 1 aliphatic heterocycles. The van der Waals surface area contributed by atoms with Gasteiger partial charge in [-0.1, -0.05) is 55.8 Å². The Morgan fingerprint density at radius 3 is 2.59 bits per heavy atom. The lowest BCUT2D eigenvalue weighted by Gasteiger charge is -2.22. The average molecular weight is 413 g/mol. The summed E-state index contributed by atoms with van der Waals surface area (Å²) in [6.07, 6.45) is -0.555. The van der Waals surface area contributed by atoms with Crippen LogP contribution in [0.3, 0.4) is 0 Å². The van der Waals surface area contributed by atoms with Crippen LogP contribution in [0.2, 0.25) is 5.02 Å². The number of carbonyl (C=O) groups excluding carboxylic acids is 2. The molecule has 1 heterocycles. The molecule has 0 fully saturated rings. The number of nitrogens with two attached hydrogens (primary N) is 1. The zero-order valence-corrected chi connectivity index (χ0v) is 17.5. The van der Waals surface area contributed by atoms with Crippen molar-refractivity contribution in [2.45, 2.75) is 32.5 Å². The molecular formula is C22H25ClN4O2. The van der Waals surface area contributed by atoms with Crippen LogP contribution >= 0.6 is 11.6 Å². The molecule has 152 valence electrons. The van der Waals surface area contributed by atoms with Crippen LogP contribution in [0.25, 0.3) is 0 Å². The Morgan fingerprint density at radius 2 is 1.93 bits per heavy atom. The summed E-state index contributed by atoms with van der Waals surface area (Å²) in [4.78, 5) is 31.8. The summed E-state index contributed by atoms with van der Waals surface area (Å²) < 4.78 is 0. The number of carbonyl (C=O) groups is 2. The van der Waals surface area contributed by atoms with Gasteiger partial charge in [0, 0.05) is 23.2 Å². The number of likely N-dealkylation sites (N-methyl/N-ethyl adjacent to an activating group) is 1. The second-order valence-corrected chi connectivity index (χ2v) is 7.99. The lowest BCUT2D eigenvalue weighted by atomic mass is 10.0. The monoisotopic (exact) mass is 412 g/mol. The van der Waals surface area contributed by atoms with Crippen molar-refractivity contribution in [3.05, 3.63) is 64.7 Å². The Balaban J connectivity index is 2.05. The molecule has 0 aromatic heterocycles. The molecule has 2 atom stereocenters. The van der Waals surface area contributed by atoms with Crippen LogP contribution in [0.15, 0.2) is 53.5 Å². The average Bonchev–Trinajstić information content (AvgIpc) is 2.78. The van der Waals surface area contributed by atoms with Crippen molar-refractivity contribution >= 4 is 34.8 Å². The Bertz CT molecular complexity index is 943. The highest BCUT2D eigenvalue weighted by Gasteiger charge is 2.32. The van der Waals surface area contributed by atoms with Gasteiger partial charge in [-0.05, 0) is 30.5 Å². The molecule has 6 nitrogen and oxygen atoms in total. The van der Waals surface area contributed by atoms with Crippen molar-refractivity contribution in [1.82, 2.24) is 5.32 Å². The predicted octanol–water partition coefficient (Wildman–Crippen LogP) is 2.97. The first-order valence-electron chi connectivity index (χ1n) is 9.54. The van der Waals surface area contributed by atoms with E-state index in [2.05, 4.69) is 10.3 Å². The van der Waals surface area contributed by atoms with Gasteiger partial charge in [0.1, 0.15) is 0 Å². The molecule has 2 aromatic carbocycles. The molecule has 0 spiro atoms. The lowest BCUT2D eigenvalue weighted by Crippen LogP contribution is -2.51. The number of rotatable bonds is 5. The summed E-state index contributed by atoms with van der Waals surface area (Å²) in [5.74, 6) is -0.478. The molecule has 3 N–H and O–H groups in total. The number of hydrogen-bond acceptors (Lipinski definition) is 4. The summed E-state index contributed by atoms with van der Waals surface area (Å²) >= 11 is 6.23. The summed E-state index contributed by atoms with van der Waals surface area (Å²) in [5, 5.41) is 3.25. The van der Waals surface area contributed by atoms with E-state index in [1.807, 2.05) is 44.2 Å². The van der Waals surface area contributed by atoms with Crippen LogP contribution in [0.1, 0.15) is 31.4 Å². The minimum absolute atomic E-state index is 0.262. The molecule has 0 radical (unpaired) electrons. The SMILES string of the molecule is CC(C)CC(N)C(=O)NC1N=C(c2ccccc2)c2cc(Cl)ccc2N(C)C1=O. The molecule has 7 heteroatoms. The zero-order valence-electron chi connectivity index (χ0n) is 16.7. The normalized spacial score (nSPS) is 17.4. The summed E-state index contributed by atoms with van der Waals surface area (Å²) in [6, 6.07) is 14.1. The molecule has 0 aliphatic carbocycles. The summed E-state index contributed by atoms with van der Waals surface area (Å²) in [6.45, 7) is 3.98. The Morgan fingerprint density at radius 1 is 1.24 bits per heavy atom. The number of amides is 2. The van der Waals surface area contributed by atoms with E-state index in [0.717, 1.165) is 11.1 Å². The third-order valence-corrected chi connectivity index (χ3v) is 5.02. The molecule has 3 rings (SSSR count). The van der Waals surface area contributed by atoms with Crippen LogP contribution in [0, 0.1) is 5.92 Å². The van der Waals surface area contributed by atoms with Gasteiger partial charge in [0.25, 0.3) is 5.91 Å². The molecule has 0 saturated carbocycles. The highest BCUT2D eigenvalue weighted by atomic mass is 35.5. The second-order valence-electron chi connectivity index (χ2n) is 7.55. The number of benzene rings is 2. The largest absolute Gasteiger partial charge is 0.325 e. The van der Waals surface area contributed by atoms with E-state index in [9.17, 15) is 9.59 Å². The standard InChI is InChI=1S/C22H25ClN4O2/c1-13(2)11-17(24)21(28)26-20-22(29)27(3)18-10-9-15(23)12-16(18)19(25-20)14-7-5-4-6-8-14/h4-10,12-13,17,20H,11,24H2,1-3H3,(H,26,28). The van der Waals surface area contributed by atoms with Crippen molar-refractivity contribution < 1.29 is 9.59 Å². The third-order valence-electron chi connectivity index (χ3n) is 4.79. The van der Waals surface area contributed by atoms with Crippen molar-refractivity contribution in [2.75, 3.05) is 11.9 Å². The number of halogens is 1. The predicted molar refractivity (Wildman–Crippen MR) is 116 cm³/mol. The maximum Gasteiger partial charge on any atom is 0.272 e. The quantitative estimate of drug-likeness (QED) is 0.791. The number of nitrogens with one attached hydrogen (secondary N) is 1. The Kier molecular flexibility index (Phi) is 6.35. The summed E-state index contributed by atoms with van der Waals surface area (Å²) in [7, 11) is 1.66. The number of nitrogens with zero attached hydrogens (tertiary/aromatic N) is 2. The van der Waals surface area contributed by atoms with Gasteiger partial charge in [-0.3, -0.25) is 9.59 Å². The first-order chi connectivity index (χ1) is 13.8. The molecule has 2 unspecified atom stereocenters. The molecule has 1 aliphatic rings.